The van der Waals surface area contributed by atoms with Crippen molar-refractivity contribution in [1.82, 2.24) is 0 Å². The van der Waals surface area contributed by atoms with E-state index in [1.165, 1.54) is 31.4 Å². The predicted octanol–water partition coefficient (Wildman–Crippen LogP) is 4.35. The maximum Gasteiger partial charge on any atom is 0.300 e. The minimum Gasteiger partial charge on any atom is -0.508 e. The second-order valence-corrected chi connectivity index (χ2v) is 7.92. The van der Waals surface area contributed by atoms with Crippen LogP contribution in [-0.2, 0) is 9.59 Å². The van der Waals surface area contributed by atoms with Crippen LogP contribution >= 0.6 is 0 Å². The quantitative estimate of drug-likeness (QED) is 0.313. The zero-order valence-corrected chi connectivity index (χ0v) is 18.4. The molecule has 33 heavy (non-hydrogen) atoms. The van der Waals surface area contributed by atoms with Gasteiger partial charge in [-0.3, -0.25) is 14.5 Å². The Hall–Kier alpha value is -4.26. The molecule has 3 N–H and O–H groups in total. The summed E-state index contributed by atoms with van der Waals surface area (Å²) in [5.74, 6) is -2.11. The number of amides is 1. The highest BCUT2D eigenvalue weighted by molar-refractivity contribution is 6.52. The third-order valence-electron chi connectivity index (χ3n) is 5.65. The molecular formula is C26H23NO6. The minimum absolute atomic E-state index is 0.0700. The number of phenols is 2. The Bertz CT molecular complexity index is 1310. The van der Waals surface area contributed by atoms with Crippen molar-refractivity contribution in [3.8, 4) is 17.2 Å². The summed E-state index contributed by atoms with van der Waals surface area (Å²) >= 11 is 0. The molecule has 0 spiro atoms. The van der Waals surface area contributed by atoms with Crippen molar-refractivity contribution >= 4 is 23.1 Å². The lowest BCUT2D eigenvalue weighted by Gasteiger charge is -2.26. The van der Waals surface area contributed by atoms with E-state index >= 15 is 0 Å². The zero-order chi connectivity index (χ0) is 23.9. The third kappa shape index (κ3) is 3.67. The van der Waals surface area contributed by atoms with Gasteiger partial charge in [0.1, 0.15) is 23.0 Å². The van der Waals surface area contributed by atoms with Gasteiger partial charge in [-0.2, -0.15) is 0 Å². The third-order valence-corrected chi connectivity index (χ3v) is 5.65. The number of aryl methyl sites for hydroxylation is 2. The summed E-state index contributed by atoms with van der Waals surface area (Å²) in [5.41, 5.74) is 2.19. The molecule has 1 fully saturated rings. The van der Waals surface area contributed by atoms with Crippen molar-refractivity contribution in [2.45, 2.75) is 19.9 Å². The maximum atomic E-state index is 13.3. The summed E-state index contributed by atoms with van der Waals surface area (Å²) in [6, 6.07) is 14.7. The van der Waals surface area contributed by atoms with Crippen molar-refractivity contribution in [1.29, 1.82) is 0 Å². The van der Waals surface area contributed by atoms with E-state index < -0.39 is 23.5 Å². The van der Waals surface area contributed by atoms with Gasteiger partial charge in [-0.15, -0.1) is 0 Å². The molecule has 1 atom stereocenters. The number of para-hydroxylation sites is 2. The smallest absolute Gasteiger partial charge is 0.300 e. The highest BCUT2D eigenvalue weighted by Gasteiger charge is 2.48. The zero-order valence-electron chi connectivity index (χ0n) is 18.4. The van der Waals surface area contributed by atoms with Crippen LogP contribution in [0.2, 0.25) is 0 Å². The first kappa shape index (κ1) is 22.0. The number of aliphatic hydroxyl groups excluding tert-OH is 1. The number of hydrogen-bond acceptors (Lipinski definition) is 6. The summed E-state index contributed by atoms with van der Waals surface area (Å²) in [4.78, 5) is 27.6. The second kappa shape index (κ2) is 8.35. The van der Waals surface area contributed by atoms with Gasteiger partial charge in [0.2, 0.25) is 0 Å². The number of methoxy groups -OCH3 is 1. The van der Waals surface area contributed by atoms with Crippen LogP contribution in [0, 0.1) is 13.8 Å². The first-order valence-corrected chi connectivity index (χ1v) is 10.3. The molecule has 0 radical (unpaired) electrons. The van der Waals surface area contributed by atoms with Crippen molar-refractivity contribution in [3.63, 3.8) is 0 Å². The van der Waals surface area contributed by atoms with Gasteiger partial charge in [0, 0.05) is 0 Å². The normalized spacial score (nSPS) is 17.4. The fraction of sp³-hybridized carbons (Fsp3) is 0.154. The average molecular weight is 445 g/mol. The van der Waals surface area contributed by atoms with Gasteiger partial charge >= 0.3 is 0 Å². The molecule has 1 amide bonds. The van der Waals surface area contributed by atoms with Crippen LogP contribution in [0.3, 0.4) is 0 Å². The summed E-state index contributed by atoms with van der Waals surface area (Å²) in [6.45, 7) is 3.66. The summed E-state index contributed by atoms with van der Waals surface area (Å²) < 4.78 is 5.48. The molecule has 3 aromatic carbocycles. The van der Waals surface area contributed by atoms with Gasteiger partial charge in [0.15, 0.2) is 0 Å². The molecule has 4 rings (SSSR count). The van der Waals surface area contributed by atoms with Crippen LogP contribution in [-0.4, -0.2) is 34.1 Å². The van der Waals surface area contributed by atoms with Gasteiger partial charge in [-0.05, 0) is 60.9 Å². The van der Waals surface area contributed by atoms with Crippen LogP contribution in [0.15, 0.2) is 66.2 Å². The number of hydrogen-bond donors (Lipinski definition) is 3. The van der Waals surface area contributed by atoms with E-state index in [1.54, 1.807) is 30.3 Å². The molecule has 3 aromatic rings. The first-order chi connectivity index (χ1) is 15.7. The summed E-state index contributed by atoms with van der Waals surface area (Å²) in [6.07, 6.45) is 0. The predicted molar refractivity (Wildman–Crippen MR) is 123 cm³/mol. The molecule has 1 saturated heterocycles. The van der Waals surface area contributed by atoms with Crippen molar-refractivity contribution < 1.29 is 29.6 Å². The van der Waals surface area contributed by atoms with Crippen LogP contribution < -0.4 is 9.64 Å². The topological polar surface area (TPSA) is 107 Å². The van der Waals surface area contributed by atoms with E-state index in [0.717, 1.165) is 16.0 Å². The SMILES string of the molecule is COc1c(C)cc(C)cc1/C(O)=C1\C(=O)C(=O)N(c2ccccc2O)C1c1cccc(O)c1. The van der Waals surface area contributed by atoms with Crippen molar-refractivity contribution in [2.75, 3.05) is 12.0 Å². The standard InChI is InChI=1S/C26H23NO6/c1-14-11-15(2)25(33-3)18(12-14)23(30)21-22(16-7-6-8-17(28)13-16)27(26(32)24(21)31)19-9-4-5-10-20(19)29/h4-13,22,28-30H,1-3H3/b23-21+. The molecule has 0 saturated carbocycles. The Balaban J connectivity index is 2.04. The number of anilines is 1. The molecule has 0 aromatic heterocycles. The van der Waals surface area contributed by atoms with E-state index in [0.29, 0.717) is 11.3 Å². The highest BCUT2D eigenvalue weighted by atomic mass is 16.5. The number of benzene rings is 3. The largest absolute Gasteiger partial charge is 0.508 e. The number of rotatable bonds is 4. The lowest BCUT2D eigenvalue weighted by Crippen LogP contribution is -2.29. The number of aromatic hydroxyl groups is 2. The Morgan fingerprint density at radius 1 is 0.970 bits per heavy atom. The number of carbonyl (C=O) groups is 2. The highest BCUT2D eigenvalue weighted by Crippen LogP contribution is 2.46. The summed E-state index contributed by atoms with van der Waals surface area (Å²) in [7, 11) is 1.46. The van der Waals surface area contributed by atoms with E-state index in [1.807, 2.05) is 19.9 Å². The van der Waals surface area contributed by atoms with Gasteiger partial charge in [0.25, 0.3) is 11.7 Å². The molecule has 168 valence electrons. The fourth-order valence-electron chi connectivity index (χ4n) is 4.31. The average Bonchev–Trinajstić information content (AvgIpc) is 3.04. The van der Waals surface area contributed by atoms with Crippen LogP contribution in [0.1, 0.15) is 28.3 Å². The maximum absolute atomic E-state index is 13.3. The van der Waals surface area contributed by atoms with Gasteiger partial charge in [-0.1, -0.05) is 30.3 Å². The van der Waals surface area contributed by atoms with Crippen LogP contribution in [0.25, 0.3) is 5.76 Å². The van der Waals surface area contributed by atoms with E-state index in [-0.39, 0.29) is 28.3 Å². The lowest BCUT2D eigenvalue weighted by atomic mass is 9.93. The van der Waals surface area contributed by atoms with Crippen molar-refractivity contribution in [2.24, 2.45) is 0 Å². The molecule has 7 heteroatoms. The number of Topliss-reactive ketones (excluding diaryl/α,β-unsaturated/α-hetero) is 1. The lowest BCUT2D eigenvalue weighted by molar-refractivity contribution is -0.132. The second-order valence-electron chi connectivity index (χ2n) is 7.92. The molecule has 1 heterocycles. The molecule has 1 aliphatic heterocycles. The van der Waals surface area contributed by atoms with Crippen LogP contribution in [0.4, 0.5) is 5.69 Å². The summed E-state index contributed by atoms with van der Waals surface area (Å²) in [5, 5.41) is 31.9. The van der Waals surface area contributed by atoms with E-state index in [9.17, 15) is 24.9 Å². The molecule has 7 nitrogen and oxygen atoms in total. The molecule has 1 unspecified atom stereocenters. The Kier molecular flexibility index (Phi) is 5.55. The molecule has 1 aliphatic rings. The fourth-order valence-corrected chi connectivity index (χ4v) is 4.31. The molecule has 0 bridgehead atoms. The van der Waals surface area contributed by atoms with E-state index in [2.05, 4.69) is 0 Å². The molecular weight excluding hydrogens is 422 g/mol. The van der Waals surface area contributed by atoms with Gasteiger partial charge in [-0.25, -0.2) is 0 Å². The number of aliphatic hydroxyl groups is 1. The first-order valence-electron chi connectivity index (χ1n) is 10.3. The van der Waals surface area contributed by atoms with E-state index in [4.69, 9.17) is 4.74 Å². The van der Waals surface area contributed by atoms with Crippen molar-refractivity contribution in [3.05, 3.63) is 88.5 Å². The number of ketones is 1. The number of carbonyl (C=O) groups excluding carboxylic acids is 2. The van der Waals surface area contributed by atoms with Gasteiger partial charge < -0.3 is 20.1 Å². The van der Waals surface area contributed by atoms with Gasteiger partial charge in [0.05, 0.1) is 30.0 Å². The Morgan fingerprint density at radius 2 is 1.70 bits per heavy atom. The molecule has 0 aliphatic carbocycles. The Labute approximate surface area is 190 Å². The number of phenolic OH excluding ortho intramolecular Hbond substituents is 2. The Morgan fingerprint density at radius 3 is 2.36 bits per heavy atom. The number of ether oxygens (including phenoxy) is 1. The minimum atomic E-state index is -1.09. The number of nitrogens with zero attached hydrogens (tertiary/aromatic N) is 1. The monoisotopic (exact) mass is 445 g/mol. The van der Waals surface area contributed by atoms with Crippen LogP contribution in [0.5, 0.6) is 17.2 Å².